The zero-order valence-corrected chi connectivity index (χ0v) is 8.92. The highest BCUT2D eigenvalue weighted by atomic mass is 32.1. The second kappa shape index (κ2) is 3.48. The molecule has 0 atom stereocenters. The Morgan fingerprint density at radius 1 is 1.20 bits per heavy atom. The third-order valence-electron chi connectivity index (χ3n) is 1.67. The predicted octanol–water partition coefficient (Wildman–Crippen LogP) is 1.45. The zero-order valence-electron chi connectivity index (χ0n) is 7.28. The fraction of sp³-hybridized carbons (Fsp3) is 0. The van der Waals surface area contributed by atoms with E-state index in [1.165, 1.54) is 22.7 Å². The summed E-state index contributed by atoms with van der Waals surface area (Å²) in [5, 5.41) is 17.9. The van der Waals surface area contributed by atoms with Gasteiger partial charge in [0, 0.05) is 11.6 Å². The third kappa shape index (κ3) is 1.53. The van der Waals surface area contributed by atoms with E-state index in [1.54, 1.807) is 11.7 Å². The molecule has 0 radical (unpaired) electrons. The van der Waals surface area contributed by atoms with Crippen LogP contribution >= 0.6 is 22.7 Å². The second-order valence-corrected chi connectivity index (χ2v) is 4.32. The molecule has 0 aliphatic carbocycles. The van der Waals surface area contributed by atoms with Crippen LogP contribution in [-0.2, 0) is 0 Å². The molecule has 0 aromatic carbocycles. The van der Waals surface area contributed by atoms with Crippen LogP contribution in [0.2, 0.25) is 0 Å². The molecule has 3 heterocycles. The van der Waals surface area contributed by atoms with Gasteiger partial charge in [-0.15, -0.1) is 21.5 Å². The van der Waals surface area contributed by atoms with Crippen molar-refractivity contribution in [2.45, 2.75) is 0 Å². The van der Waals surface area contributed by atoms with Crippen molar-refractivity contribution in [3.63, 3.8) is 0 Å². The van der Waals surface area contributed by atoms with Gasteiger partial charge in [-0.3, -0.25) is 5.10 Å². The average molecular weight is 236 g/mol. The zero-order chi connectivity index (χ0) is 10.1. The highest BCUT2D eigenvalue weighted by Crippen LogP contribution is 2.21. The fourth-order valence-corrected chi connectivity index (χ4v) is 2.12. The van der Waals surface area contributed by atoms with Gasteiger partial charge in [0.25, 0.3) is 0 Å². The van der Waals surface area contributed by atoms with Crippen LogP contribution in [0.5, 0.6) is 0 Å². The maximum atomic E-state index is 4.28. The molecule has 0 saturated heterocycles. The van der Waals surface area contributed by atoms with E-state index >= 15 is 0 Å². The first kappa shape index (κ1) is 8.62. The first-order valence-electron chi connectivity index (χ1n) is 4.02. The number of aromatic nitrogens is 6. The van der Waals surface area contributed by atoms with Crippen LogP contribution in [0.15, 0.2) is 17.1 Å². The molecule has 3 aromatic rings. The van der Waals surface area contributed by atoms with E-state index in [1.807, 2.05) is 5.38 Å². The lowest BCUT2D eigenvalue weighted by Gasteiger charge is -1.83. The van der Waals surface area contributed by atoms with E-state index in [0.717, 1.165) is 10.0 Å². The van der Waals surface area contributed by atoms with Crippen LogP contribution in [0.3, 0.4) is 0 Å². The van der Waals surface area contributed by atoms with Gasteiger partial charge in [-0.2, -0.15) is 5.10 Å². The van der Waals surface area contributed by atoms with Crippen molar-refractivity contribution in [1.29, 1.82) is 0 Å². The molecular formula is C7H4N6S2. The molecule has 0 bridgehead atoms. The molecule has 0 spiro atoms. The summed E-state index contributed by atoms with van der Waals surface area (Å²) in [4.78, 5) is 8.41. The number of H-pyrrole nitrogens is 1. The molecule has 0 unspecified atom stereocenters. The standard InChI is InChI=1S/C7H4N6S2/c1-2-14-6(8-1)4-10-5(12-11-4)7-13-9-3-15-7/h1-3H,(H,10,11,12). The van der Waals surface area contributed by atoms with E-state index < -0.39 is 0 Å². The van der Waals surface area contributed by atoms with Gasteiger partial charge in [0.1, 0.15) is 5.51 Å². The first-order valence-corrected chi connectivity index (χ1v) is 5.78. The van der Waals surface area contributed by atoms with Crippen molar-refractivity contribution in [2.75, 3.05) is 0 Å². The summed E-state index contributed by atoms with van der Waals surface area (Å²) in [6.07, 6.45) is 1.72. The lowest BCUT2D eigenvalue weighted by molar-refractivity contribution is 1.06. The minimum Gasteiger partial charge on any atom is -0.256 e. The van der Waals surface area contributed by atoms with Gasteiger partial charge in [-0.05, 0) is 0 Å². The number of hydrogen-bond donors (Lipinski definition) is 1. The predicted molar refractivity (Wildman–Crippen MR) is 56.4 cm³/mol. The van der Waals surface area contributed by atoms with Crippen molar-refractivity contribution in [3.05, 3.63) is 17.1 Å². The average Bonchev–Trinajstić information content (AvgIpc) is 3.02. The van der Waals surface area contributed by atoms with Crippen LogP contribution in [0.4, 0.5) is 0 Å². The number of rotatable bonds is 2. The second-order valence-electron chi connectivity index (χ2n) is 2.59. The molecular weight excluding hydrogens is 232 g/mol. The number of nitrogens with one attached hydrogen (secondary N) is 1. The van der Waals surface area contributed by atoms with E-state index in [0.29, 0.717) is 11.6 Å². The highest BCUT2D eigenvalue weighted by Gasteiger charge is 2.11. The molecule has 6 nitrogen and oxygen atoms in total. The minimum atomic E-state index is 0.593. The van der Waals surface area contributed by atoms with Gasteiger partial charge in [-0.25, -0.2) is 9.97 Å². The number of aromatic amines is 1. The van der Waals surface area contributed by atoms with Crippen LogP contribution in [-0.4, -0.2) is 30.4 Å². The molecule has 1 N–H and O–H groups in total. The number of thiazole rings is 1. The topological polar surface area (TPSA) is 80.2 Å². The summed E-state index contributed by atoms with van der Waals surface area (Å²) in [6.45, 7) is 0. The highest BCUT2D eigenvalue weighted by molar-refractivity contribution is 7.13. The Kier molecular flexibility index (Phi) is 2.00. The Bertz CT molecular complexity index is 491. The first-order chi connectivity index (χ1) is 7.43. The van der Waals surface area contributed by atoms with E-state index in [9.17, 15) is 0 Å². The molecule has 0 aliphatic rings. The molecule has 74 valence electrons. The Labute approximate surface area is 92.1 Å². The molecule has 3 rings (SSSR count). The SMILES string of the molecule is c1csc(-c2n[nH]c(-c3nncs3)n2)n1. The van der Waals surface area contributed by atoms with Crippen molar-refractivity contribution >= 4 is 22.7 Å². The molecule has 15 heavy (non-hydrogen) atoms. The molecule has 0 amide bonds. The maximum absolute atomic E-state index is 4.28. The maximum Gasteiger partial charge on any atom is 0.210 e. The summed E-state index contributed by atoms with van der Waals surface area (Å²) in [5.41, 5.74) is 1.65. The Morgan fingerprint density at radius 2 is 2.20 bits per heavy atom. The number of hydrogen-bond acceptors (Lipinski definition) is 7. The van der Waals surface area contributed by atoms with Gasteiger partial charge >= 0.3 is 0 Å². The van der Waals surface area contributed by atoms with E-state index in [2.05, 4.69) is 30.4 Å². The summed E-state index contributed by atoms with van der Waals surface area (Å²) >= 11 is 2.91. The van der Waals surface area contributed by atoms with Crippen molar-refractivity contribution < 1.29 is 0 Å². The Morgan fingerprint density at radius 3 is 2.93 bits per heavy atom. The smallest absolute Gasteiger partial charge is 0.210 e. The molecule has 0 aliphatic heterocycles. The van der Waals surface area contributed by atoms with Crippen molar-refractivity contribution in [3.8, 4) is 21.7 Å². The number of nitrogens with zero attached hydrogens (tertiary/aromatic N) is 5. The summed E-state index contributed by atoms with van der Waals surface area (Å²) < 4.78 is 0. The lowest BCUT2D eigenvalue weighted by Crippen LogP contribution is -1.79. The quantitative estimate of drug-likeness (QED) is 0.728. The normalized spacial score (nSPS) is 10.7. The third-order valence-corrected chi connectivity index (χ3v) is 3.14. The molecule has 0 saturated carbocycles. The fourth-order valence-electron chi connectivity index (χ4n) is 1.06. The summed E-state index contributed by atoms with van der Waals surface area (Å²) in [5.74, 6) is 1.22. The monoisotopic (exact) mass is 236 g/mol. The van der Waals surface area contributed by atoms with Crippen LogP contribution < -0.4 is 0 Å². The molecule has 3 aromatic heterocycles. The largest absolute Gasteiger partial charge is 0.256 e. The van der Waals surface area contributed by atoms with E-state index in [4.69, 9.17) is 0 Å². The van der Waals surface area contributed by atoms with Crippen molar-refractivity contribution in [2.24, 2.45) is 0 Å². The Hall–Kier alpha value is -1.67. The Balaban J connectivity index is 2.02. The van der Waals surface area contributed by atoms with Crippen LogP contribution in [0.25, 0.3) is 21.7 Å². The van der Waals surface area contributed by atoms with Crippen molar-refractivity contribution in [1.82, 2.24) is 30.4 Å². The van der Waals surface area contributed by atoms with Gasteiger partial charge in [0.05, 0.1) is 0 Å². The van der Waals surface area contributed by atoms with Crippen LogP contribution in [0, 0.1) is 0 Å². The van der Waals surface area contributed by atoms with Gasteiger partial charge < -0.3 is 0 Å². The summed E-state index contributed by atoms with van der Waals surface area (Å²) in [7, 11) is 0. The molecule has 0 fully saturated rings. The van der Waals surface area contributed by atoms with E-state index in [-0.39, 0.29) is 0 Å². The molecule has 8 heteroatoms. The summed E-state index contributed by atoms with van der Waals surface area (Å²) in [6, 6.07) is 0. The van der Waals surface area contributed by atoms with Gasteiger partial charge in [0.2, 0.25) is 5.82 Å². The minimum absolute atomic E-state index is 0.593. The van der Waals surface area contributed by atoms with Gasteiger partial charge in [-0.1, -0.05) is 11.3 Å². The van der Waals surface area contributed by atoms with Gasteiger partial charge in [0.15, 0.2) is 15.8 Å². The lowest BCUT2D eigenvalue weighted by atomic mass is 10.6. The van der Waals surface area contributed by atoms with Crippen LogP contribution in [0.1, 0.15) is 0 Å².